The number of halogens is 1. The molecule has 0 saturated carbocycles. The molecule has 2 N–H and O–H groups in total. The number of carbonyl (C=O) groups is 2. The zero-order valence-electron chi connectivity index (χ0n) is 12.3. The van der Waals surface area contributed by atoms with E-state index < -0.39 is 0 Å². The highest BCUT2D eigenvalue weighted by Crippen LogP contribution is 2.20. The van der Waals surface area contributed by atoms with E-state index in [-0.39, 0.29) is 24.0 Å². The normalized spacial score (nSPS) is 10.3. The van der Waals surface area contributed by atoms with E-state index in [1.807, 2.05) is 25.1 Å². The van der Waals surface area contributed by atoms with E-state index in [2.05, 4.69) is 36.8 Å². The van der Waals surface area contributed by atoms with Gasteiger partial charge in [0.05, 0.1) is 5.75 Å². The van der Waals surface area contributed by atoms with Crippen molar-refractivity contribution in [1.82, 2.24) is 15.5 Å². The van der Waals surface area contributed by atoms with Crippen LogP contribution in [0.1, 0.15) is 12.0 Å². The molecule has 0 bridgehead atoms. The average Bonchev–Trinajstić information content (AvgIpc) is 3.02. The third-order valence-corrected chi connectivity index (χ3v) is 5.17. The Kier molecular flexibility index (Phi) is 7.00. The Bertz CT molecular complexity index is 679. The average molecular weight is 415 g/mol. The molecule has 2 amide bonds. The summed E-state index contributed by atoms with van der Waals surface area (Å²) in [6.07, 6.45) is 0.223. The van der Waals surface area contributed by atoms with Gasteiger partial charge in [0, 0.05) is 23.1 Å². The number of aromatic nitrogens is 2. The SMILES string of the molecule is Cc1ccc(Br)cc1NC(=O)CCNC(=O)CSc1nncs1. The first-order chi connectivity index (χ1) is 11.0. The predicted octanol–water partition coefficient (Wildman–Crippen LogP) is 2.85. The van der Waals surface area contributed by atoms with Gasteiger partial charge in [0.1, 0.15) is 5.51 Å². The summed E-state index contributed by atoms with van der Waals surface area (Å²) in [6.45, 7) is 2.23. The molecule has 0 aliphatic heterocycles. The zero-order valence-corrected chi connectivity index (χ0v) is 15.6. The van der Waals surface area contributed by atoms with Gasteiger partial charge in [-0.2, -0.15) is 0 Å². The van der Waals surface area contributed by atoms with E-state index >= 15 is 0 Å². The lowest BCUT2D eigenvalue weighted by Crippen LogP contribution is -2.29. The van der Waals surface area contributed by atoms with Gasteiger partial charge in [-0.25, -0.2) is 0 Å². The summed E-state index contributed by atoms with van der Waals surface area (Å²) in [7, 11) is 0. The Balaban J connectivity index is 1.68. The fourth-order valence-corrected chi connectivity index (χ4v) is 3.34. The molecule has 9 heteroatoms. The number of hydrogen-bond donors (Lipinski definition) is 2. The highest BCUT2D eigenvalue weighted by atomic mass is 79.9. The molecule has 122 valence electrons. The first kappa shape index (κ1) is 17.9. The highest BCUT2D eigenvalue weighted by Gasteiger charge is 2.08. The van der Waals surface area contributed by atoms with E-state index in [0.29, 0.717) is 6.54 Å². The maximum atomic E-state index is 11.9. The number of nitrogens with zero attached hydrogens (tertiary/aromatic N) is 2. The summed E-state index contributed by atoms with van der Waals surface area (Å²) in [5, 5.41) is 13.1. The van der Waals surface area contributed by atoms with Gasteiger partial charge in [0.2, 0.25) is 11.8 Å². The van der Waals surface area contributed by atoms with Crippen molar-refractivity contribution in [3.63, 3.8) is 0 Å². The molecule has 0 fully saturated rings. The van der Waals surface area contributed by atoms with Crippen LogP contribution < -0.4 is 10.6 Å². The van der Waals surface area contributed by atoms with Gasteiger partial charge < -0.3 is 10.6 Å². The third kappa shape index (κ3) is 6.28. The molecular formula is C14H15BrN4O2S2. The largest absolute Gasteiger partial charge is 0.355 e. The van der Waals surface area contributed by atoms with Crippen LogP contribution in [0.3, 0.4) is 0 Å². The predicted molar refractivity (Wildman–Crippen MR) is 95.8 cm³/mol. The van der Waals surface area contributed by atoms with E-state index in [9.17, 15) is 9.59 Å². The lowest BCUT2D eigenvalue weighted by Gasteiger charge is -2.09. The molecule has 0 atom stereocenters. The number of anilines is 1. The minimum absolute atomic E-state index is 0.128. The second-order valence-electron chi connectivity index (χ2n) is 4.60. The van der Waals surface area contributed by atoms with Crippen LogP contribution in [0.4, 0.5) is 5.69 Å². The van der Waals surface area contributed by atoms with Crippen LogP contribution in [0.15, 0.2) is 32.5 Å². The van der Waals surface area contributed by atoms with Gasteiger partial charge in [-0.3, -0.25) is 9.59 Å². The summed E-state index contributed by atoms with van der Waals surface area (Å²) in [5.41, 5.74) is 3.37. The minimum atomic E-state index is -0.136. The zero-order chi connectivity index (χ0) is 16.7. The van der Waals surface area contributed by atoms with Gasteiger partial charge in [-0.1, -0.05) is 45.1 Å². The molecule has 0 aliphatic rings. The topological polar surface area (TPSA) is 84.0 Å². The van der Waals surface area contributed by atoms with Crippen molar-refractivity contribution >= 4 is 56.5 Å². The molecule has 1 aromatic carbocycles. The third-order valence-electron chi connectivity index (χ3n) is 2.81. The monoisotopic (exact) mass is 414 g/mol. The van der Waals surface area contributed by atoms with E-state index in [1.54, 1.807) is 5.51 Å². The Labute approximate surface area is 150 Å². The van der Waals surface area contributed by atoms with Gasteiger partial charge in [-0.05, 0) is 24.6 Å². The quantitative estimate of drug-likeness (QED) is 0.680. The molecule has 0 saturated heterocycles. The minimum Gasteiger partial charge on any atom is -0.355 e. The summed E-state index contributed by atoms with van der Waals surface area (Å²) < 4.78 is 1.66. The molecule has 0 aliphatic carbocycles. The summed E-state index contributed by atoms with van der Waals surface area (Å²) >= 11 is 6.09. The number of rotatable bonds is 7. The highest BCUT2D eigenvalue weighted by molar-refractivity contribution is 9.10. The van der Waals surface area contributed by atoms with Crippen molar-refractivity contribution in [2.75, 3.05) is 17.6 Å². The number of aryl methyl sites for hydroxylation is 1. The van der Waals surface area contributed by atoms with Crippen LogP contribution in [-0.2, 0) is 9.59 Å². The van der Waals surface area contributed by atoms with E-state index in [0.717, 1.165) is 20.1 Å². The van der Waals surface area contributed by atoms with Crippen LogP contribution in [0.2, 0.25) is 0 Å². The molecule has 1 heterocycles. The fourth-order valence-electron chi connectivity index (χ4n) is 1.66. The molecule has 6 nitrogen and oxygen atoms in total. The number of carbonyl (C=O) groups excluding carboxylic acids is 2. The molecule has 23 heavy (non-hydrogen) atoms. The maximum absolute atomic E-state index is 11.9. The van der Waals surface area contributed by atoms with Gasteiger partial charge in [-0.15, -0.1) is 10.2 Å². The number of thioether (sulfide) groups is 1. The molecule has 0 spiro atoms. The lowest BCUT2D eigenvalue weighted by molar-refractivity contribution is -0.119. The second-order valence-corrected chi connectivity index (χ2v) is 7.57. The second kappa shape index (κ2) is 8.99. The molecule has 2 aromatic rings. The summed E-state index contributed by atoms with van der Waals surface area (Å²) in [4.78, 5) is 23.6. The fraction of sp³-hybridized carbons (Fsp3) is 0.286. The van der Waals surface area contributed by atoms with Crippen molar-refractivity contribution in [2.24, 2.45) is 0 Å². The van der Waals surface area contributed by atoms with Crippen LogP contribution >= 0.6 is 39.0 Å². The summed E-state index contributed by atoms with van der Waals surface area (Å²) in [6, 6.07) is 5.69. The number of amides is 2. The smallest absolute Gasteiger partial charge is 0.230 e. The molecule has 2 rings (SSSR count). The first-order valence-electron chi connectivity index (χ1n) is 6.76. The van der Waals surface area contributed by atoms with Crippen molar-refractivity contribution < 1.29 is 9.59 Å². The maximum Gasteiger partial charge on any atom is 0.230 e. The Morgan fingerprint density at radius 2 is 2.17 bits per heavy atom. The van der Waals surface area contributed by atoms with Crippen molar-refractivity contribution in [3.05, 3.63) is 33.7 Å². The van der Waals surface area contributed by atoms with E-state index in [4.69, 9.17) is 0 Å². The van der Waals surface area contributed by atoms with Crippen LogP contribution in [0.25, 0.3) is 0 Å². The van der Waals surface area contributed by atoms with E-state index in [1.165, 1.54) is 23.1 Å². The molecule has 1 aromatic heterocycles. The number of nitrogens with one attached hydrogen (secondary N) is 2. The standard InChI is InChI=1S/C14H15BrN4O2S2/c1-9-2-3-10(15)6-11(9)18-12(20)4-5-16-13(21)7-22-14-19-17-8-23-14/h2-3,6,8H,4-5,7H2,1H3,(H,16,21)(H,18,20). The van der Waals surface area contributed by atoms with Crippen molar-refractivity contribution in [3.8, 4) is 0 Å². The Hall–Kier alpha value is -1.45. The molecular weight excluding hydrogens is 400 g/mol. The first-order valence-corrected chi connectivity index (χ1v) is 9.42. The number of hydrogen-bond acceptors (Lipinski definition) is 6. The van der Waals surface area contributed by atoms with Crippen molar-refractivity contribution in [1.29, 1.82) is 0 Å². The molecule has 0 unspecified atom stereocenters. The van der Waals surface area contributed by atoms with Crippen molar-refractivity contribution in [2.45, 2.75) is 17.7 Å². The Morgan fingerprint density at radius 3 is 2.91 bits per heavy atom. The van der Waals surface area contributed by atoms with Gasteiger partial charge in [0.15, 0.2) is 4.34 Å². The van der Waals surface area contributed by atoms with Crippen LogP contribution in [0, 0.1) is 6.92 Å². The van der Waals surface area contributed by atoms with Gasteiger partial charge in [0.25, 0.3) is 0 Å². The van der Waals surface area contributed by atoms with Crippen LogP contribution in [0.5, 0.6) is 0 Å². The summed E-state index contributed by atoms with van der Waals surface area (Å²) in [5.74, 6) is 0.00146. The molecule has 0 radical (unpaired) electrons. The Morgan fingerprint density at radius 1 is 1.35 bits per heavy atom. The van der Waals surface area contributed by atoms with Gasteiger partial charge >= 0.3 is 0 Å². The van der Waals surface area contributed by atoms with Crippen LogP contribution in [-0.4, -0.2) is 34.3 Å². The lowest BCUT2D eigenvalue weighted by atomic mass is 10.2. The number of benzene rings is 1.